The van der Waals surface area contributed by atoms with Crippen molar-refractivity contribution in [1.29, 1.82) is 0 Å². The van der Waals surface area contributed by atoms with Gasteiger partial charge in [0.1, 0.15) is 0 Å². The Balaban J connectivity index is 2.47. The Morgan fingerprint density at radius 2 is 1.94 bits per heavy atom. The van der Waals surface area contributed by atoms with Gasteiger partial charge in [-0.3, -0.25) is 4.79 Å². The van der Waals surface area contributed by atoms with E-state index >= 15 is 0 Å². The second-order valence-electron chi connectivity index (χ2n) is 4.99. The zero-order valence-electron chi connectivity index (χ0n) is 10.9. The molecule has 18 heavy (non-hydrogen) atoms. The maximum Gasteiger partial charge on any atom is 0.224 e. The molecule has 0 saturated heterocycles. The molecule has 1 aromatic rings. The molecule has 0 saturated carbocycles. The fourth-order valence-corrected chi connectivity index (χ4v) is 2.20. The Hall–Kier alpha value is -0.870. The maximum absolute atomic E-state index is 11.9. The second-order valence-corrected chi connectivity index (χ2v) is 5.91. The summed E-state index contributed by atoms with van der Waals surface area (Å²) in [4.78, 5) is 11.9. The van der Waals surface area contributed by atoms with Gasteiger partial charge < -0.3 is 11.1 Å². The molecule has 1 aromatic carbocycles. The molecule has 100 valence electrons. The molecule has 0 aromatic heterocycles. The normalized spacial score (nSPS) is 12.5. The van der Waals surface area contributed by atoms with Gasteiger partial charge in [-0.1, -0.05) is 29.8 Å². The SMILES string of the molecule is CC(C)C[C@H](CN)CC(=O)Nc1ccc(Br)cc1. The van der Waals surface area contributed by atoms with Crippen LogP contribution in [0.4, 0.5) is 5.69 Å². The Bertz CT molecular complexity index is 376. The number of benzene rings is 1. The van der Waals surface area contributed by atoms with Crippen molar-refractivity contribution in [2.75, 3.05) is 11.9 Å². The van der Waals surface area contributed by atoms with Crippen LogP contribution in [0.3, 0.4) is 0 Å². The molecule has 3 N–H and O–H groups in total. The van der Waals surface area contributed by atoms with Gasteiger partial charge in [-0.2, -0.15) is 0 Å². The monoisotopic (exact) mass is 312 g/mol. The van der Waals surface area contributed by atoms with Gasteiger partial charge in [0.15, 0.2) is 0 Å². The van der Waals surface area contributed by atoms with Crippen LogP contribution < -0.4 is 11.1 Å². The van der Waals surface area contributed by atoms with Crippen LogP contribution in [0.15, 0.2) is 28.7 Å². The standard InChI is InChI=1S/C14H21BrN2O/c1-10(2)7-11(9-16)8-14(18)17-13-5-3-12(15)4-6-13/h3-6,10-11H,7-9,16H2,1-2H3,(H,17,18)/t11-/m0/s1. The van der Waals surface area contributed by atoms with E-state index in [1.807, 2.05) is 24.3 Å². The number of anilines is 1. The summed E-state index contributed by atoms with van der Waals surface area (Å²) in [6, 6.07) is 7.57. The van der Waals surface area contributed by atoms with Gasteiger partial charge >= 0.3 is 0 Å². The van der Waals surface area contributed by atoms with Crippen molar-refractivity contribution < 1.29 is 4.79 Å². The Labute approximate surface area is 117 Å². The molecule has 0 bridgehead atoms. The highest BCUT2D eigenvalue weighted by Gasteiger charge is 2.14. The molecular weight excluding hydrogens is 292 g/mol. The van der Waals surface area contributed by atoms with E-state index in [2.05, 4.69) is 35.1 Å². The van der Waals surface area contributed by atoms with E-state index in [0.29, 0.717) is 18.9 Å². The molecule has 3 nitrogen and oxygen atoms in total. The molecule has 1 atom stereocenters. The van der Waals surface area contributed by atoms with Crippen LogP contribution in [-0.2, 0) is 4.79 Å². The van der Waals surface area contributed by atoms with Crippen LogP contribution in [0.1, 0.15) is 26.7 Å². The van der Waals surface area contributed by atoms with Crippen molar-refractivity contribution in [3.05, 3.63) is 28.7 Å². The summed E-state index contributed by atoms with van der Waals surface area (Å²) in [5, 5.41) is 2.89. The Morgan fingerprint density at radius 1 is 1.33 bits per heavy atom. The number of rotatable bonds is 6. The van der Waals surface area contributed by atoms with E-state index in [-0.39, 0.29) is 11.8 Å². The molecule has 1 rings (SSSR count). The van der Waals surface area contributed by atoms with Gasteiger partial charge in [0.2, 0.25) is 5.91 Å². The molecule has 0 radical (unpaired) electrons. The minimum atomic E-state index is 0.0356. The summed E-state index contributed by atoms with van der Waals surface area (Å²) in [7, 11) is 0. The van der Waals surface area contributed by atoms with Gasteiger partial charge in [-0.05, 0) is 49.1 Å². The zero-order chi connectivity index (χ0) is 13.5. The minimum Gasteiger partial charge on any atom is -0.330 e. The average molecular weight is 313 g/mol. The van der Waals surface area contributed by atoms with Crippen LogP contribution in [-0.4, -0.2) is 12.5 Å². The van der Waals surface area contributed by atoms with Crippen molar-refractivity contribution in [3.8, 4) is 0 Å². The molecule has 0 spiro atoms. The summed E-state index contributed by atoms with van der Waals surface area (Å²) in [6.07, 6.45) is 1.48. The lowest BCUT2D eigenvalue weighted by Gasteiger charge is -2.16. The minimum absolute atomic E-state index is 0.0356. The van der Waals surface area contributed by atoms with Crippen molar-refractivity contribution in [3.63, 3.8) is 0 Å². The topological polar surface area (TPSA) is 55.1 Å². The molecule has 0 aliphatic heterocycles. The van der Waals surface area contributed by atoms with E-state index in [1.54, 1.807) is 0 Å². The van der Waals surface area contributed by atoms with Crippen molar-refractivity contribution in [2.45, 2.75) is 26.7 Å². The van der Waals surface area contributed by atoms with Crippen LogP contribution in [0.5, 0.6) is 0 Å². The van der Waals surface area contributed by atoms with Gasteiger partial charge in [-0.15, -0.1) is 0 Å². The van der Waals surface area contributed by atoms with Gasteiger partial charge in [0.05, 0.1) is 0 Å². The number of hydrogen-bond acceptors (Lipinski definition) is 2. The van der Waals surface area contributed by atoms with E-state index in [0.717, 1.165) is 16.6 Å². The fourth-order valence-electron chi connectivity index (χ4n) is 1.94. The summed E-state index contributed by atoms with van der Waals surface area (Å²) in [5.74, 6) is 0.868. The van der Waals surface area contributed by atoms with Crippen LogP contribution in [0, 0.1) is 11.8 Å². The molecule has 0 aliphatic rings. The fraction of sp³-hybridized carbons (Fsp3) is 0.500. The summed E-state index contributed by atoms with van der Waals surface area (Å²) >= 11 is 3.36. The number of hydrogen-bond donors (Lipinski definition) is 2. The van der Waals surface area contributed by atoms with E-state index in [1.165, 1.54) is 0 Å². The number of nitrogens with two attached hydrogens (primary N) is 1. The number of carbonyl (C=O) groups excluding carboxylic acids is 1. The zero-order valence-corrected chi connectivity index (χ0v) is 12.5. The number of carbonyl (C=O) groups is 1. The predicted molar refractivity (Wildman–Crippen MR) is 79.4 cm³/mol. The molecule has 4 heteroatoms. The number of halogens is 1. The second kappa shape index (κ2) is 7.54. The third-order valence-electron chi connectivity index (χ3n) is 2.74. The third kappa shape index (κ3) is 5.65. The van der Waals surface area contributed by atoms with E-state index in [9.17, 15) is 4.79 Å². The third-order valence-corrected chi connectivity index (χ3v) is 3.27. The molecule has 0 aliphatic carbocycles. The smallest absolute Gasteiger partial charge is 0.224 e. The van der Waals surface area contributed by atoms with Crippen molar-refractivity contribution in [2.24, 2.45) is 17.6 Å². The van der Waals surface area contributed by atoms with Gasteiger partial charge in [-0.25, -0.2) is 0 Å². The first kappa shape index (κ1) is 15.2. The Morgan fingerprint density at radius 3 is 2.44 bits per heavy atom. The van der Waals surface area contributed by atoms with Crippen LogP contribution in [0.25, 0.3) is 0 Å². The van der Waals surface area contributed by atoms with Crippen LogP contribution >= 0.6 is 15.9 Å². The Kier molecular flexibility index (Phi) is 6.36. The predicted octanol–water partition coefficient (Wildman–Crippen LogP) is 3.40. The van der Waals surface area contributed by atoms with E-state index in [4.69, 9.17) is 5.73 Å². The molecular formula is C14H21BrN2O. The highest BCUT2D eigenvalue weighted by atomic mass is 79.9. The first-order valence-corrected chi connectivity index (χ1v) is 7.06. The quantitative estimate of drug-likeness (QED) is 0.846. The van der Waals surface area contributed by atoms with Gasteiger partial charge in [0.25, 0.3) is 0 Å². The van der Waals surface area contributed by atoms with Gasteiger partial charge in [0, 0.05) is 16.6 Å². The van der Waals surface area contributed by atoms with E-state index < -0.39 is 0 Å². The largest absolute Gasteiger partial charge is 0.330 e. The number of nitrogens with one attached hydrogen (secondary N) is 1. The summed E-state index contributed by atoms with van der Waals surface area (Å²) < 4.78 is 1.00. The first-order chi connectivity index (χ1) is 8.51. The molecule has 1 amide bonds. The van der Waals surface area contributed by atoms with Crippen molar-refractivity contribution in [1.82, 2.24) is 0 Å². The maximum atomic E-state index is 11.9. The highest BCUT2D eigenvalue weighted by molar-refractivity contribution is 9.10. The lowest BCUT2D eigenvalue weighted by molar-refractivity contribution is -0.117. The lowest BCUT2D eigenvalue weighted by Crippen LogP contribution is -2.23. The number of amides is 1. The summed E-state index contributed by atoms with van der Waals surface area (Å²) in [5.41, 5.74) is 6.52. The first-order valence-electron chi connectivity index (χ1n) is 6.26. The molecule has 0 heterocycles. The van der Waals surface area contributed by atoms with Crippen LogP contribution in [0.2, 0.25) is 0 Å². The molecule has 0 unspecified atom stereocenters. The summed E-state index contributed by atoms with van der Waals surface area (Å²) in [6.45, 7) is 4.86. The highest BCUT2D eigenvalue weighted by Crippen LogP contribution is 2.17. The molecule has 0 fully saturated rings. The average Bonchev–Trinajstić information content (AvgIpc) is 2.30. The lowest BCUT2D eigenvalue weighted by atomic mass is 9.94. The van der Waals surface area contributed by atoms with Crippen molar-refractivity contribution >= 4 is 27.5 Å².